The van der Waals surface area contributed by atoms with Crippen LogP contribution in [0.15, 0.2) is 40.2 Å². The summed E-state index contributed by atoms with van der Waals surface area (Å²) in [6, 6.07) is 9.03. The number of aryl methyl sites for hydroxylation is 1. The van der Waals surface area contributed by atoms with E-state index in [-0.39, 0.29) is 5.91 Å². The Bertz CT molecular complexity index is 565. The van der Waals surface area contributed by atoms with Gasteiger partial charge in [0.2, 0.25) is 5.91 Å². The summed E-state index contributed by atoms with van der Waals surface area (Å²) in [6.07, 6.45) is 0. The van der Waals surface area contributed by atoms with Crippen molar-refractivity contribution < 1.29 is 4.79 Å². The maximum Gasteiger partial charge on any atom is 0.241 e. The van der Waals surface area contributed by atoms with Crippen LogP contribution >= 0.6 is 27.3 Å². The molecule has 0 fully saturated rings. The summed E-state index contributed by atoms with van der Waals surface area (Å²) in [4.78, 5) is 13.1. The molecular formula is C14H15BrN2OS. The van der Waals surface area contributed by atoms with Crippen molar-refractivity contribution in [2.24, 2.45) is 5.73 Å². The summed E-state index contributed by atoms with van der Waals surface area (Å²) in [5, 5.41) is 4.83. The van der Waals surface area contributed by atoms with Crippen LogP contribution < -0.4 is 11.1 Å². The van der Waals surface area contributed by atoms with Crippen LogP contribution in [-0.2, 0) is 11.3 Å². The molecule has 1 aromatic heterocycles. The number of hydrogen-bond acceptors (Lipinski definition) is 3. The number of amides is 1. The summed E-state index contributed by atoms with van der Waals surface area (Å²) in [5.41, 5.74) is 7.92. The highest BCUT2D eigenvalue weighted by atomic mass is 79.9. The Hall–Kier alpha value is -1.17. The van der Waals surface area contributed by atoms with E-state index in [0.717, 1.165) is 20.5 Å². The van der Waals surface area contributed by atoms with Crippen LogP contribution in [0.1, 0.15) is 22.0 Å². The van der Waals surface area contributed by atoms with Gasteiger partial charge < -0.3 is 11.1 Å². The highest BCUT2D eigenvalue weighted by molar-refractivity contribution is 9.10. The SMILES string of the molecule is Cc1ccc(C(N)C(=O)NCc2sccc2Br)cc1. The van der Waals surface area contributed by atoms with Gasteiger partial charge in [-0.25, -0.2) is 0 Å². The molecule has 0 aliphatic carbocycles. The van der Waals surface area contributed by atoms with Gasteiger partial charge in [-0.2, -0.15) is 0 Å². The molecule has 0 bridgehead atoms. The normalized spacial score (nSPS) is 12.2. The molecule has 1 heterocycles. The predicted molar refractivity (Wildman–Crippen MR) is 82.0 cm³/mol. The molecule has 1 unspecified atom stereocenters. The van der Waals surface area contributed by atoms with Gasteiger partial charge >= 0.3 is 0 Å². The van der Waals surface area contributed by atoms with Crippen molar-refractivity contribution in [1.29, 1.82) is 0 Å². The van der Waals surface area contributed by atoms with Gasteiger partial charge in [0.05, 0.1) is 6.54 Å². The first kappa shape index (κ1) is 14.2. The number of nitrogens with two attached hydrogens (primary N) is 1. The van der Waals surface area contributed by atoms with Crippen molar-refractivity contribution in [3.05, 3.63) is 56.2 Å². The van der Waals surface area contributed by atoms with Crippen LogP contribution in [0.5, 0.6) is 0 Å². The van der Waals surface area contributed by atoms with E-state index in [4.69, 9.17) is 5.73 Å². The molecule has 3 nitrogen and oxygen atoms in total. The third-order valence-corrected chi connectivity index (χ3v) is 4.76. The minimum atomic E-state index is -0.626. The van der Waals surface area contributed by atoms with Crippen molar-refractivity contribution in [2.75, 3.05) is 0 Å². The number of benzene rings is 1. The lowest BCUT2D eigenvalue weighted by molar-refractivity contribution is -0.122. The first-order valence-electron chi connectivity index (χ1n) is 5.89. The molecule has 5 heteroatoms. The van der Waals surface area contributed by atoms with Crippen molar-refractivity contribution >= 4 is 33.2 Å². The molecule has 19 heavy (non-hydrogen) atoms. The van der Waals surface area contributed by atoms with E-state index in [2.05, 4.69) is 21.2 Å². The van der Waals surface area contributed by atoms with Gasteiger partial charge in [-0.3, -0.25) is 4.79 Å². The number of carbonyl (C=O) groups is 1. The van der Waals surface area contributed by atoms with E-state index in [1.807, 2.05) is 42.6 Å². The minimum Gasteiger partial charge on any atom is -0.350 e. The van der Waals surface area contributed by atoms with Crippen molar-refractivity contribution in [2.45, 2.75) is 19.5 Å². The molecule has 0 saturated heterocycles. The van der Waals surface area contributed by atoms with E-state index < -0.39 is 6.04 Å². The molecule has 0 saturated carbocycles. The Labute approximate surface area is 125 Å². The van der Waals surface area contributed by atoms with Gasteiger partial charge in [-0.05, 0) is 39.9 Å². The first-order chi connectivity index (χ1) is 9.08. The number of nitrogens with one attached hydrogen (secondary N) is 1. The fraction of sp³-hybridized carbons (Fsp3) is 0.214. The van der Waals surface area contributed by atoms with Crippen LogP contribution in [0.25, 0.3) is 0 Å². The van der Waals surface area contributed by atoms with E-state index in [1.54, 1.807) is 11.3 Å². The largest absolute Gasteiger partial charge is 0.350 e. The maximum atomic E-state index is 12.0. The second-order valence-electron chi connectivity index (χ2n) is 4.30. The van der Waals surface area contributed by atoms with Crippen LogP contribution in [-0.4, -0.2) is 5.91 Å². The van der Waals surface area contributed by atoms with Crippen LogP contribution in [0.3, 0.4) is 0 Å². The summed E-state index contributed by atoms with van der Waals surface area (Å²) in [5.74, 6) is -0.163. The standard InChI is InChI=1S/C14H15BrN2OS/c1-9-2-4-10(5-3-9)13(16)14(18)17-8-12-11(15)6-7-19-12/h2-7,13H,8,16H2,1H3,(H,17,18). The summed E-state index contributed by atoms with van der Waals surface area (Å²) >= 11 is 5.03. The Kier molecular flexibility index (Phi) is 4.74. The highest BCUT2D eigenvalue weighted by Crippen LogP contribution is 2.22. The van der Waals surface area contributed by atoms with Crippen molar-refractivity contribution in [3.63, 3.8) is 0 Å². The molecule has 0 radical (unpaired) electrons. The second-order valence-corrected chi connectivity index (χ2v) is 6.15. The molecule has 0 aliphatic rings. The van der Waals surface area contributed by atoms with Gasteiger partial charge in [0.15, 0.2) is 0 Å². The zero-order valence-corrected chi connectivity index (χ0v) is 12.9. The van der Waals surface area contributed by atoms with E-state index in [1.165, 1.54) is 0 Å². The second kappa shape index (κ2) is 6.32. The molecule has 1 atom stereocenters. The highest BCUT2D eigenvalue weighted by Gasteiger charge is 2.15. The molecule has 100 valence electrons. The van der Waals surface area contributed by atoms with Gasteiger partial charge in [-0.15, -0.1) is 11.3 Å². The molecule has 2 aromatic rings. The summed E-state index contributed by atoms with van der Waals surface area (Å²) in [6.45, 7) is 2.50. The zero-order valence-electron chi connectivity index (χ0n) is 10.5. The van der Waals surface area contributed by atoms with Crippen LogP contribution in [0.2, 0.25) is 0 Å². The van der Waals surface area contributed by atoms with Gasteiger partial charge in [-0.1, -0.05) is 29.8 Å². The number of thiophene rings is 1. The van der Waals surface area contributed by atoms with E-state index >= 15 is 0 Å². The Morgan fingerprint density at radius 3 is 2.63 bits per heavy atom. The molecule has 2 rings (SSSR count). The smallest absolute Gasteiger partial charge is 0.241 e. The van der Waals surface area contributed by atoms with Gasteiger partial charge in [0.1, 0.15) is 6.04 Å². The third kappa shape index (κ3) is 3.65. The minimum absolute atomic E-state index is 0.163. The van der Waals surface area contributed by atoms with Crippen LogP contribution in [0.4, 0.5) is 0 Å². The maximum absolute atomic E-state index is 12.0. The van der Waals surface area contributed by atoms with Crippen molar-refractivity contribution in [3.8, 4) is 0 Å². The lowest BCUT2D eigenvalue weighted by Crippen LogP contribution is -2.33. The Morgan fingerprint density at radius 1 is 1.37 bits per heavy atom. The number of carbonyl (C=O) groups excluding carboxylic acids is 1. The first-order valence-corrected chi connectivity index (χ1v) is 7.57. The topological polar surface area (TPSA) is 55.1 Å². The lowest BCUT2D eigenvalue weighted by atomic mass is 10.1. The predicted octanol–water partition coefficient (Wildman–Crippen LogP) is 3.14. The monoisotopic (exact) mass is 338 g/mol. The average molecular weight is 339 g/mol. The van der Waals surface area contributed by atoms with E-state index in [9.17, 15) is 4.79 Å². The van der Waals surface area contributed by atoms with E-state index in [0.29, 0.717) is 6.54 Å². The fourth-order valence-corrected chi connectivity index (χ4v) is 3.09. The quantitative estimate of drug-likeness (QED) is 0.899. The Balaban J connectivity index is 1.96. The van der Waals surface area contributed by atoms with Crippen molar-refractivity contribution in [1.82, 2.24) is 5.32 Å². The average Bonchev–Trinajstić information content (AvgIpc) is 2.81. The molecule has 1 aromatic carbocycles. The third-order valence-electron chi connectivity index (χ3n) is 2.83. The molecule has 3 N–H and O–H groups in total. The van der Waals surface area contributed by atoms with Gasteiger partial charge in [0, 0.05) is 9.35 Å². The number of rotatable bonds is 4. The summed E-state index contributed by atoms with van der Waals surface area (Å²) in [7, 11) is 0. The molecule has 0 aliphatic heterocycles. The molecule has 1 amide bonds. The number of halogens is 1. The van der Waals surface area contributed by atoms with Crippen LogP contribution in [0, 0.1) is 6.92 Å². The molecular weight excluding hydrogens is 324 g/mol. The fourth-order valence-electron chi connectivity index (χ4n) is 1.65. The summed E-state index contributed by atoms with van der Waals surface area (Å²) < 4.78 is 1.02. The Morgan fingerprint density at radius 2 is 2.05 bits per heavy atom. The zero-order chi connectivity index (χ0) is 13.8. The van der Waals surface area contributed by atoms with Gasteiger partial charge in [0.25, 0.3) is 0 Å². The number of hydrogen-bond donors (Lipinski definition) is 2. The molecule has 0 spiro atoms. The lowest BCUT2D eigenvalue weighted by Gasteiger charge is -2.12.